The Morgan fingerprint density at radius 2 is 1.81 bits per heavy atom. The summed E-state index contributed by atoms with van der Waals surface area (Å²) in [7, 11) is 0. The Kier molecular flexibility index (Phi) is 3.42. The van der Waals surface area contributed by atoms with Crippen LogP contribution in [0.25, 0.3) is 0 Å². The molecule has 5 rings (SSSR count). The van der Waals surface area contributed by atoms with E-state index in [1.807, 2.05) is 6.07 Å². The smallest absolute Gasteiger partial charge is 0.262 e. The predicted octanol–water partition coefficient (Wildman–Crippen LogP) is 0.252. The third kappa shape index (κ3) is 2.32. The molecule has 1 spiro atoms. The normalized spacial score (nSPS) is 28.5. The molecule has 8 heteroatoms. The number of hydrogen-bond donors (Lipinski definition) is 3. The standard InChI is InChI=1S/C19H20N4O4/c24-15-4-3-13(16(25)22-15)23-17(26)11-2-1-10(7-12(11)18(23)27)21-14-5-6-19(14)8-20-9-19/h1-2,7,13-14,20-21H,3-6,8-9H2,(H,22,24,25). The molecule has 1 aromatic carbocycles. The average Bonchev–Trinajstić information content (AvgIpc) is 2.82. The summed E-state index contributed by atoms with van der Waals surface area (Å²) in [6.07, 6.45) is 2.57. The summed E-state index contributed by atoms with van der Waals surface area (Å²) >= 11 is 0. The molecular weight excluding hydrogens is 348 g/mol. The third-order valence-corrected chi connectivity index (χ3v) is 6.40. The van der Waals surface area contributed by atoms with E-state index in [1.54, 1.807) is 12.1 Å². The minimum Gasteiger partial charge on any atom is -0.382 e. The number of hydrogen-bond acceptors (Lipinski definition) is 6. The number of nitrogens with zero attached hydrogens (tertiary/aromatic N) is 1. The lowest BCUT2D eigenvalue weighted by molar-refractivity contribution is -0.136. The highest BCUT2D eigenvalue weighted by Gasteiger charge is 2.51. The zero-order chi connectivity index (χ0) is 18.8. The summed E-state index contributed by atoms with van der Waals surface area (Å²) in [6.45, 7) is 2.02. The molecule has 2 atom stereocenters. The van der Waals surface area contributed by atoms with Gasteiger partial charge in [-0.2, -0.15) is 0 Å². The Morgan fingerprint density at radius 3 is 2.44 bits per heavy atom. The van der Waals surface area contributed by atoms with Crippen molar-refractivity contribution in [1.29, 1.82) is 0 Å². The van der Waals surface area contributed by atoms with Crippen molar-refractivity contribution >= 4 is 29.3 Å². The molecule has 1 saturated carbocycles. The van der Waals surface area contributed by atoms with Crippen LogP contribution in [0.3, 0.4) is 0 Å². The number of carbonyl (C=O) groups excluding carboxylic acids is 4. The zero-order valence-electron chi connectivity index (χ0n) is 14.7. The van der Waals surface area contributed by atoms with Gasteiger partial charge >= 0.3 is 0 Å². The summed E-state index contributed by atoms with van der Waals surface area (Å²) in [6, 6.07) is 4.61. The summed E-state index contributed by atoms with van der Waals surface area (Å²) in [5.74, 6) is -1.91. The molecule has 140 valence electrons. The van der Waals surface area contributed by atoms with E-state index in [4.69, 9.17) is 0 Å². The molecule has 1 aliphatic carbocycles. The maximum atomic E-state index is 12.9. The van der Waals surface area contributed by atoms with Gasteiger partial charge in [-0.1, -0.05) is 0 Å². The van der Waals surface area contributed by atoms with E-state index in [0.717, 1.165) is 30.1 Å². The molecule has 3 aliphatic heterocycles. The lowest BCUT2D eigenvalue weighted by Gasteiger charge is -2.56. The molecule has 4 amide bonds. The van der Waals surface area contributed by atoms with Gasteiger partial charge in [0.05, 0.1) is 11.1 Å². The zero-order valence-corrected chi connectivity index (χ0v) is 14.7. The monoisotopic (exact) mass is 368 g/mol. The number of rotatable bonds is 3. The minimum absolute atomic E-state index is 0.119. The van der Waals surface area contributed by atoms with Gasteiger partial charge in [-0.25, -0.2) is 0 Å². The first kappa shape index (κ1) is 16.4. The van der Waals surface area contributed by atoms with Crippen LogP contribution in [0, 0.1) is 5.41 Å². The number of nitrogens with one attached hydrogen (secondary N) is 3. The predicted molar refractivity (Wildman–Crippen MR) is 95.1 cm³/mol. The molecule has 27 heavy (non-hydrogen) atoms. The molecule has 3 heterocycles. The molecule has 0 bridgehead atoms. The Labute approximate surface area is 155 Å². The summed E-state index contributed by atoms with van der Waals surface area (Å²) in [5, 5.41) is 9.02. The van der Waals surface area contributed by atoms with Crippen molar-refractivity contribution in [1.82, 2.24) is 15.5 Å². The first-order chi connectivity index (χ1) is 13.0. The number of piperidine rings is 1. The summed E-state index contributed by atoms with van der Waals surface area (Å²) < 4.78 is 0. The van der Waals surface area contributed by atoms with Crippen molar-refractivity contribution in [2.75, 3.05) is 18.4 Å². The van der Waals surface area contributed by atoms with E-state index in [2.05, 4.69) is 16.0 Å². The minimum atomic E-state index is -0.928. The number of carbonyl (C=O) groups is 4. The van der Waals surface area contributed by atoms with Crippen molar-refractivity contribution in [2.45, 2.75) is 37.8 Å². The topological polar surface area (TPSA) is 108 Å². The Balaban J connectivity index is 1.38. The second kappa shape index (κ2) is 5.63. The fraction of sp³-hybridized carbons (Fsp3) is 0.474. The first-order valence-corrected chi connectivity index (χ1v) is 9.31. The van der Waals surface area contributed by atoms with Crippen LogP contribution in [-0.2, 0) is 9.59 Å². The molecule has 8 nitrogen and oxygen atoms in total. The molecule has 0 aromatic heterocycles. The molecule has 1 aromatic rings. The molecule has 2 saturated heterocycles. The van der Waals surface area contributed by atoms with Crippen LogP contribution >= 0.6 is 0 Å². The van der Waals surface area contributed by atoms with Crippen LogP contribution in [0.5, 0.6) is 0 Å². The number of amides is 4. The first-order valence-electron chi connectivity index (χ1n) is 9.31. The molecular formula is C19H20N4O4. The van der Waals surface area contributed by atoms with Gasteiger partial charge in [0.1, 0.15) is 6.04 Å². The van der Waals surface area contributed by atoms with Crippen molar-refractivity contribution in [3.63, 3.8) is 0 Å². The number of imide groups is 2. The highest BCUT2D eigenvalue weighted by atomic mass is 16.2. The summed E-state index contributed by atoms with van der Waals surface area (Å²) in [5.41, 5.74) is 1.76. The van der Waals surface area contributed by atoms with Crippen LogP contribution in [0.1, 0.15) is 46.4 Å². The van der Waals surface area contributed by atoms with Gasteiger partial charge in [-0.3, -0.25) is 29.4 Å². The van der Waals surface area contributed by atoms with Gasteiger partial charge in [-0.05, 0) is 37.5 Å². The third-order valence-electron chi connectivity index (χ3n) is 6.40. The highest BCUT2D eigenvalue weighted by molar-refractivity contribution is 6.23. The molecule has 2 unspecified atom stereocenters. The lowest BCUT2D eigenvalue weighted by atomic mass is 9.60. The molecule has 0 radical (unpaired) electrons. The van der Waals surface area contributed by atoms with Crippen LogP contribution in [0.4, 0.5) is 5.69 Å². The Bertz CT molecular complexity index is 886. The van der Waals surface area contributed by atoms with Gasteiger partial charge in [0.25, 0.3) is 11.8 Å². The second-order valence-electron chi connectivity index (χ2n) is 7.91. The largest absolute Gasteiger partial charge is 0.382 e. The van der Waals surface area contributed by atoms with Crippen molar-refractivity contribution in [2.24, 2.45) is 5.41 Å². The quantitative estimate of drug-likeness (QED) is 0.661. The van der Waals surface area contributed by atoms with Crippen LogP contribution < -0.4 is 16.0 Å². The molecule has 3 fully saturated rings. The van der Waals surface area contributed by atoms with Crippen molar-refractivity contribution < 1.29 is 19.2 Å². The lowest BCUT2D eigenvalue weighted by Crippen LogP contribution is -2.67. The van der Waals surface area contributed by atoms with E-state index < -0.39 is 23.8 Å². The highest BCUT2D eigenvalue weighted by Crippen LogP contribution is 2.46. The van der Waals surface area contributed by atoms with E-state index in [9.17, 15) is 19.2 Å². The van der Waals surface area contributed by atoms with Crippen molar-refractivity contribution in [3.8, 4) is 0 Å². The van der Waals surface area contributed by atoms with E-state index in [-0.39, 0.29) is 18.7 Å². The fourth-order valence-corrected chi connectivity index (χ4v) is 4.55. The fourth-order valence-electron chi connectivity index (χ4n) is 4.55. The van der Waals surface area contributed by atoms with Gasteiger partial charge in [0, 0.05) is 36.7 Å². The number of fused-ring (bicyclic) bond motifs is 1. The van der Waals surface area contributed by atoms with Gasteiger partial charge in [0.15, 0.2) is 0 Å². The maximum Gasteiger partial charge on any atom is 0.262 e. The van der Waals surface area contributed by atoms with Gasteiger partial charge < -0.3 is 10.6 Å². The van der Waals surface area contributed by atoms with Crippen LogP contribution in [0.2, 0.25) is 0 Å². The van der Waals surface area contributed by atoms with Gasteiger partial charge in [-0.15, -0.1) is 0 Å². The Hall–Kier alpha value is -2.74. The molecule has 3 N–H and O–H groups in total. The van der Waals surface area contributed by atoms with E-state index >= 15 is 0 Å². The number of benzene rings is 1. The van der Waals surface area contributed by atoms with Gasteiger partial charge in [0.2, 0.25) is 11.8 Å². The van der Waals surface area contributed by atoms with E-state index in [1.165, 1.54) is 6.42 Å². The second-order valence-corrected chi connectivity index (χ2v) is 7.91. The summed E-state index contributed by atoms with van der Waals surface area (Å²) in [4.78, 5) is 50.0. The SMILES string of the molecule is O=C1CCC(N2C(=O)c3ccc(NC4CCC45CNC5)cc3C2=O)C(=O)N1. The van der Waals surface area contributed by atoms with Crippen LogP contribution in [0.15, 0.2) is 18.2 Å². The molecule has 4 aliphatic rings. The van der Waals surface area contributed by atoms with E-state index in [0.29, 0.717) is 22.6 Å². The Morgan fingerprint density at radius 1 is 1.04 bits per heavy atom. The van der Waals surface area contributed by atoms with Crippen molar-refractivity contribution in [3.05, 3.63) is 29.3 Å². The van der Waals surface area contributed by atoms with Crippen LogP contribution in [-0.4, -0.2) is 53.7 Å². The number of anilines is 1. The average molecular weight is 368 g/mol. The maximum absolute atomic E-state index is 12.9.